The third-order valence-corrected chi connectivity index (χ3v) is 4.34. The van der Waals surface area contributed by atoms with Crippen LogP contribution in [-0.2, 0) is 4.74 Å². The molecule has 2 unspecified atom stereocenters. The second-order valence-electron chi connectivity index (χ2n) is 4.24. The summed E-state index contributed by atoms with van der Waals surface area (Å²) in [6, 6.07) is 0. The Morgan fingerprint density at radius 3 is 3.20 bits per heavy atom. The van der Waals surface area contributed by atoms with Crippen molar-refractivity contribution in [2.24, 2.45) is 10.9 Å². The fraction of sp³-hybridized carbons (Fsp3) is 0.909. The maximum absolute atomic E-state index is 5.35. The van der Waals surface area contributed by atoms with Gasteiger partial charge in [-0.1, -0.05) is 18.7 Å². The van der Waals surface area contributed by atoms with Gasteiger partial charge in [0.05, 0.1) is 6.54 Å². The van der Waals surface area contributed by atoms with Crippen molar-refractivity contribution in [3.63, 3.8) is 0 Å². The lowest BCUT2D eigenvalue weighted by atomic mass is 10.1. The third kappa shape index (κ3) is 3.38. The lowest BCUT2D eigenvalue weighted by Gasteiger charge is -2.09. The summed E-state index contributed by atoms with van der Waals surface area (Å²) in [5.41, 5.74) is 0. The van der Waals surface area contributed by atoms with E-state index < -0.39 is 0 Å². The molecule has 15 heavy (non-hydrogen) atoms. The van der Waals surface area contributed by atoms with E-state index in [2.05, 4.69) is 17.2 Å². The molecule has 2 aliphatic heterocycles. The van der Waals surface area contributed by atoms with E-state index in [1.54, 1.807) is 0 Å². The first-order valence-corrected chi connectivity index (χ1v) is 6.79. The van der Waals surface area contributed by atoms with E-state index in [4.69, 9.17) is 4.74 Å². The molecule has 0 spiro atoms. The molecule has 0 bridgehead atoms. The maximum atomic E-state index is 5.35. The molecule has 1 fully saturated rings. The highest BCUT2D eigenvalue weighted by molar-refractivity contribution is 8.14. The molecule has 1 saturated heterocycles. The van der Waals surface area contributed by atoms with Crippen LogP contribution in [0.3, 0.4) is 0 Å². The number of thioether (sulfide) groups is 1. The fourth-order valence-electron chi connectivity index (χ4n) is 1.92. The highest BCUT2D eigenvalue weighted by Crippen LogP contribution is 2.22. The molecule has 0 radical (unpaired) electrons. The SMILES string of the molecule is CCC1CN=C(NCCC2CCOC2)S1. The average Bonchev–Trinajstić information content (AvgIpc) is 2.88. The van der Waals surface area contributed by atoms with Crippen LogP contribution < -0.4 is 5.32 Å². The first-order chi connectivity index (χ1) is 7.38. The summed E-state index contributed by atoms with van der Waals surface area (Å²) >= 11 is 1.90. The van der Waals surface area contributed by atoms with Crippen molar-refractivity contribution >= 4 is 16.9 Å². The van der Waals surface area contributed by atoms with Crippen LogP contribution in [0.4, 0.5) is 0 Å². The Hall–Kier alpha value is -0.220. The van der Waals surface area contributed by atoms with Crippen LogP contribution in [0.25, 0.3) is 0 Å². The largest absolute Gasteiger partial charge is 0.381 e. The summed E-state index contributed by atoms with van der Waals surface area (Å²) in [7, 11) is 0. The predicted molar refractivity (Wildman–Crippen MR) is 65.5 cm³/mol. The number of nitrogens with one attached hydrogen (secondary N) is 1. The third-order valence-electron chi connectivity index (χ3n) is 3.02. The lowest BCUT2D eigenvalue weighted by molar-refractivity contribution is 0.184. The molecular formula is C11H20N2OS. The van der Waals surface area contributed by atoms with E-state index in [9.17, 15) is 0 Å². The van der Waals surface area contributed by atoms with E-state index in [1.165, 1.54) is 19.3 Å². The van der Waals surface area contributed by atoms with Gasteiger partial charge in [-0.3, -0.25) is 4.99 Å². The molecule has 2 rings (SSSR count). The number of ether oxygens (including phenoxy) is 1. The Labute approximate surface area is 96.1 Å². The summed E-state index contributed by atoms with van der Waals surface area (Å²) in [5.74, 6) is 0.770. The highest BCUT2D eigenvalue weighted by atomic mass is 32.2. The van der Waals surface area contributed by atoms with E-state index >= 15 is 0 Å². The summed E-state index contributed by atoms with van der Waals surface area (Å²) in [4.78, 5) is 4.49. The predicted octanol–water partition coefficient (Wildman–Crippen LogP) is 1.88. The van der Waals surface area contributed by atoms with Crippen molar-refractivity contribution in [2.75, 3.05) is 26.3 Å². The van der Waals surface area contributed by atoms with Crippen molar-refractivity contribution in [2.45, 2.75) is 31.4 Å². The topological polar surface area (TPSA) is 33.6 Å². The van der Waals surface area contributed by atoms with Crippen molar-refractivity contribution in [1.82, 2.24) is 5.32 Å². The van der Waals surface area contributed by atoms with Gasteiger partial charge in [0.2, 0.25) is 0 Å². The molecule has 0 aromatic carbocycles. The van der Waals surface area contributed by atoms with Crippen LogP contribution in [0.15, 0.2) is 4.99 Å². The molecule has 1 N–H and O–H groups in total. The van der Waals surface area contributed by atoms with Gasteiger partial charge in [0.15, 0.2) is 5.17 Å². The van der Waals surface area contributed by atoms with Crippen LogP contribution >= 0.6 is 11.8 Å². The molecular weight excluding hydrogens is 208 g/mol. The van der Waals surface area contributed by atoms with Crippen molar-refractivity contribution in [1.29, 1.82) is 0 Å². The number of amidine groups is 1. The van der Waals surface area contributed by atoms with Crippen molar-refractivity contribution in [3.8, 4) is 0 Å². The van der Waals surface area contributed by atoms with Gasteiger partial charge < -0.3 is 10.1 Å². The quantitative estimate of drug-likeness (QED) is 0.797. The highest BCUT2D eigenvalue weighted by Gasteiger charge is 2.18. The second kappa shape index (κ2) is 5.75. The van der Waals surface area contributed by atoms with Gasteiger partial charge in [0.25, 0.3) is 0 Å². The Bertz CT molecular complexity index is 227. The molecule has 2 atom stereocenters. The zero-order chi connectivity index (χ0) is 10.5. The molecule has 2 aliphatic rings. The summed E-state index contributed by atoms with van der Waals surface area (Å²) in [6.45, 7) is 6.19. The van der Waals surface area contributed by atoms with Gasteiger partial charge in [0.1, 0.15) is 0 Å². The second-order valence-corrected chi connectivity index (χ2v) is 5.53. The fourth-order valence-corrected chi connectivity index (χ4v) is 2.89. The Morgan fingerprint density at radius 1 is 1.60 bits per heavy atom. The molecule has 0 aliphatic carbocycles. The lowest BCUT2D eigenvalue weighted by Crippen LogP contribution is -2.22. The maximum Gasteiger partial charge on any atom is 0.156 e. The monoisotopic (exact) mass is 228 g/mol. The van der Waals surface area contributed by atoms with Crippen LogP contribution in [0, 0.1) is 5.92 Å². The van der Waals surface area contributed by atoms with Crippen molar-refractivity contribution < 1.29 is 4.74 Å². The molecule has 3 nitrogen and oxygen atoms in total. The minimum absolute atomic E-state index is 0.710. The van der Waals surface area contributed by atoms with Gasteiger partial charge >= 0.3 is 0 Å². The molecule has 0 aromatic rings. The Morgan fingerprint density at radius 2 is 2.53 bits per heavy atom. The number of hydrogen-bond acceptors (Lipinski definition) is 4. The van der Waals surface area contributed by atoms with Crippen LogP contribution in [0.5, 0.6) is 0 Å². The standard InChI is InChI=1S/C11H20N2OS/c1-2-10-7-13-11(15-10)12-5-3-9-4-6-14-8-9/h9-10H,2-8H2,1H3,(H,12,13). The molecule has 86 valence electrons. The normalized spacial score (nSPS) is 30.6. The molecule has 4 heteroatoms. The summed E-state index contributed by atoms with van der Waals surface area (Å²) < 4.78 is 5.35. The zero-order valence-electron chi connectivity index (χ0n) is 9.37. The zero-order valence-corrected chi connectivity index (χ0v) is 10.2. The Balaban J connectivity index is 1.58. The van der Waals surface area contributed by atoms with Crippen LogP contribution in [0.2, 0.25) is 0 Å². The molecule has 2 heterocycles. The molecule has 0 saturated carbocycles. The van der Waals surface area contributed by atoms with Crippen LogP contribution in [-0.4, -0.2) is 36.7 Å². The number of hydrogen-bond donors (Lipinski definition) is 1. The van der Waals surface area contributed by atoms with Gasteiger partial charge in [-0.2, -0.15) is 0 Å². The smallest absolute Gasteiger partial charge is 0.156 e. The first-order valence-electron chi connectivity index (χ1n) is 5.91. The van der Waals surface area contributed by atoms with Gasteiger partial charge in [-0.25, -0.2) is 0 Å². The van der Waals surface area contributed by atoms with Crippen molar-refractivity contribution in [3.05, 3.63) is 0 Å². The van der Waals surface area contributed by atoms with E-state index in [0.29, 0.717) is 5.25 Å². The minimum atomic E-state index is 0.710. The van der Waals surface area contributed by atoms with Gasteiger partial charge in [-0.15, -0.1) is 0 Å². The summed E-state index contributed by atoms with van der Waals surface area (Å²) in [5, 5.41) is 5.29. The van der Waals surface area contributed by atoms with E-state index in [0.717, 1.165) is 37.4 Å². The van der Waals surface area contributed by atoms with Gasteiger partial charge in [0, 0.05) is 25.0 Å². The average molecular weight is 228 g/mol. The minimum Gasteiger partial charge on any atom is -0.381 e. The number of rotatable bonds is 4. The van der Waals surface area contributed by atoms with E-state index in [1.807, 2.05) is 11.8 Å². The number of nitrogens with zero attached hydrogens (tertiary/aromatic N) is 1. The first kappa shape index (κ1) is 11.3. The number of aliphatic imine (C=N–C) groups is 1. The van der Waals surface area contributed by atoms with Gasteiger partial charge in [-0.05, 0) is 25.2 Å². The van der Waals surface area contributed by atoms with Crippen LogP contribution in [0.1, 0.15) is 26.2 Å². The molecule has 0 aromatic heterocycles. The molecule has 0 amide bonds. The van der Waals surface area contributed by atoms with E-state index in [-0.39, 0.29) is 0 Å². The summed E-state index contributed by atoms with van der Waals surface area (Å²) in [6.07, 6.45) is 3.67. The Kier molecular flexibility index (Phi) is 4.32.